The Labute approximate surface area is 153 Å². The lowest BCUT2D eigenvalue weighted by molar-refractivity contribution is -0.275. The minimum absolute atomic E-state index is 0.186. The van der Waals surface area contributed by atoms with E-state index in [0.29, 0.717) is 30.4 Å². The quantitative estimate of drug-likeness (QED) is 0.497. The molecule has 1 aromatic rings. The van der Waals surface area contributed by atoms with E-state index in [1.54, 1.807) is 13.0 Å². The van der Waals surface area contributed by atoms with Crippen LogP contribution in [-0.4, -0.2) is 13.0 Å². The molecule has 2 aliphatic rings. The van der Waals surface area contributed by atoms with Gasteiger partial charge in [0.05, 0.1) is 6.61 Å². The Morgan fingerprint density at radius 1 is 1.12 bits per heavy atom. The van der Waals surface area contributed by atoms with Crippen LogP contribution in [0.5, 0.6) is 11.5 Å². The summed E-state index contributed by atoms with van der Waals surface area (Å²) in [6.07, 6.45) is 8.34. The molecule has 2 nitrogen and oxygen atoms in total. The number of benzene rings is 1. The van der Waals surface area contributed by atoms with Gasteiger partial charge in [0.15, 0.2) is 11.5 Å². The second-order valence-corrected chi connectivity index (χ2v) is 7.48. The van der Waals surface area contributed by atoms with Crippen molar-refractivity contribution in [3.63, 3.8) is 0 Å². The maximum atomic E-state index is 12.9. The topological polar surface area (TPSA) is 18.5 Å². The van der Waals surface area contributed by atoms with Gasteiger partial charge in [-0.15, -0.1) is 13.2 Å². The van der Waals surface area contributed by atoms with Crippen LogP contribution in [0.3, 0.4) is 0 Å². The summed E-state index contributed by atoms with van der Waals surface area (Å²) in [7, 11) is 0. The monoisotopic (exact) mass is 368 g/mol. The molecule has 0 atom stereocenters. The van der Waals surface area contributed by atoms with Crippen LogP contribution in [-0.2, 0) is 6.42 Å². The average molecular weight is 368 g/mol. The zero-order valence-electron chi connectivity index (χ0n) is 15.3. The molecule has 0 amide bonds. The molecule has 26 heavy (non-hydrogen) atoms. The van der Waals surface area contributed by atoms with Crippen LogP contribution in [0.15, 0.2) is 24.3 Å². The molecule has 0 spiro atoms. The summed E-state index contributed by atoms with van der Waals surface area (Å²) in [5.41, 5.74) is 1.34. The molecule has 0 N–H and O–H groups in total. The van der Waals surface area contributed by atoms with Crippen molar-refractivity contribution in [3.05, 3.63) is 35.4 Å². The highest BCUT2D eigenvalue weighted by molar-refractivity contribution is 5.50. The van der Waals surface area contributed by atoms with Gasteiger partial charge >= 0.3 is 6.36 Å². The van der Waals surface area contributed by atoms with Gasteiger partial charge < -0.3 is 9.47 Å². The molecule has 2 fully saturated rings. The van der Waals surface area contributed by atoms with E-state index in [1.807, 2.05) is 6.07 Å². The number of halogens is 3. The minimum Gasteiger partial charge on any atom is -0.490 e. The molecule has 0 bridgehead atoms. The molecule has 0 radical (unpaired) electrons. The first-order valence-electron chi connectivity index (χ1n) is 9.60. The van der Waals surface area contributed by atoms with Crippen molar-refractivity contribution in [2.75, 3.05) is 6.61 Å². The van der Waals surface area contributed by atoms with Crippen molar-refractivity contribution in [2.45, 2.75) is 64.7 Å². The van der Waals surface area contributed by atoms with Crippen molar-refractivity contribution < 1.29 is 22.6 Å². The molecule has 0 aromatic heterocycles. The van der Waals surface area contributed by atoms with Crippen LogP contribution in [0.1, 0.15) is 56.1 Å². The third-order valence-electron chi connectivity index (χ3n) is 5.60. The van der Waals surface area contributed by atoms with Crippen molar-refractivity contribution in [1.82, 2.24) is 0 Å². The van der Waals surface area contributed by atoms with Crippen molar-refractivity contribution in [2.24, 2.45) is 11.8 Å². The highest BCUT2D eigenvalue weighted by atomic mass is 19.4. The van der Waals surface area contributed by atoms with E-state index in [4.69, 9.17) is 4.74 Å². The van der Waals surface area contributed by atoms with Gasteiger partial charge in [0.1, 0.15) is 0 Å². The molecule has 2 saturated carbocycles. The number of alkyl halides is 3. The molecule has 144 valence electrons. The van der Waals surface area contributed by atoms with E-state index < -0.39 is 6.36 Å². The first-order valence-corrected chi connectivity index (χ1v) is 9.60. The highest BCUT2D eigenvalue weighted by Gasteiger charge is 2.34. The second-order valence-electron chi connectivity index (χ2n) is 7.48. The Morgan fingerprint density at radius 3 is 2.42 bits per heavy atom. The number of rotatable bonds is 8. The summed E-state index contributed by atoms with van der Waals surface area (Å²) in [4.78, 5) is 0. The predicted octanol–water partition coefficient (Wildman–Crippen LogP) is 6.36. The highest BCUT2D eigenvalue weighted by Crippen LogP contribution is 2.38. The van der Waals surface area contributed by atoms with Crippen molar-refractivity contribution in [3.8, 4) is 11.5 Å². The maximum Gasteiger partial charge on any atom is 0.573 e. The fourth-order valence-corrected chi connectivity index (χ4v) is 3.42. The molecule has 1 aromatic carbocycles. The molecular weight excluding hydrogens is 341 g/mol. The molecule has 0 unspecified atom stereocenters. The second kappa shape index (κ2) is 8.36. The molecule has 0 saturated heterocycles. The van der Waals surface area contributed by atoms with Crippen molar-refractivity contribution in [1.29, 1.82) is 0 Å². The van der Waals surface area contributed by atoms with E-state index >= 15 is 0 Å². The molecule has 0 aliphatic heterocycles. The van der Waals surface area contributed by atoms with Crippen LogP contribution in [0.2, 0.25) is 0 Å². The molecule has 5 heteroatoms. The summed E-state index contributed by atoms with van der Waals surface area (Å²) >= 11 is 0. The Morgan fingerprint density at radius 2 is 1.85 bits per heavy atom. The average Bonchev–Trinajstić information content (AvgIpc) is 2.48. The zero-order valence-corrected chi connectivity index (χ0v) is 15.3. The molecule has 3 rings (SSSR count). The van der Waals surface area contributed by atoms with Crippen LogP contribution < -0.4 is 9.47 Å². The van der Waals surface area contributed by atoms with Crippen molar-refractivity contribution >= 4 is 0 Å². The first-order chi connectivity index (χ1) is 12.4. The van der Waals surface area contributed by atoms with Crippen LogP contribution >= 0.6 is 0 Å². The van der Waals surface area contributed by atoms with Gasteiger partial charge in [-0.1, -0.05) is 43.9 Å². The van der Waals surface area contributed by atoms with Crippen LogP contribution in [0, 0.1) is 18.8 Å². The summed E-state index contributed by atoms with van der Waals surface area (Å²) in [5.74, 6) is 1.28. The lowest BCUT2D eigenvalue weighted by Crippen LogP contribution is -2.19. The lowest BCUT2D eigenvalue weighted by Gasteiger charge is -2.25. The summed E-state index contributed by atoms with van der Waals surface area (Å²) in [6, 6.07) is 3.46. The standard InChI is InChI=1S/C21H27F3O2/c1-15-18(10-4-9-16-5-2-6-16)11-12-19(20(15)26-21(22,23)24)25-14-13-17-7-3-8-17/h4,9,11-12,16-17H,2-3,5-8,10,13-14H2,1H3/b9-4+. The number of allylic oxidation sites excluding steroid dienone is 2. The van der Waals surface area contributed by atoms with Gasteiger partial charge in [0.2, 0.25) is 0 Å². The fourth-order valence-electron chi connectivity index (χ4n) is 3.42. The molecule has 2 aliphatic carbocycles. The van der Waals surface area contributed by atoms with Crippen LogP contribution in [0.25, 0.3) is 0 Å². The summed E-state index contributed by atoms with van der Waals surface area (Å²) < 4.78 is 48.6. The third kappa shape index (κ3) is 5.18. The van der Waals surface area contributed by atoms with Gasteiger partial charge in [-0.05, 0) is 61.6 Å². The first kappa shape index (κ1) is 19.1. The van der Waals surface area contributed by atoms with E-state index in [9.17, 15) is 13.2 Å². The Balaban J connectivity index is 1.69. The fraction of sp³-hybridized carbons (Fsp3) is 0.619. The lowest BCUT2D eigenvalue weighted by atomic mass is 9.83. The van der Waals surface area contributed by atoms with E-state index in [1.165, 1.54) is 38.5 Å². The summed E-state index contributed by atoms with van der Waals surface area (Å²) in [5, 5.41) is 0. The largest absolute Gasteiger partial charge is 0.573 e. The van der Waals surface area contributed by atoms with E-state index in [-0.39, 0.29) is 11.5 Å². The van der Waals surface area contributed by atoms with Crippen LogP contribution in [0.4, 0.5) is 13.2 Å². The third-order valence-corrected chi connectivity index (χ3v) is 5.60. The van der Waals surface area contributed by atoms with Gasteiger partial charge in [-0.3, -0.25) is 0 Å². The van der Waals surface area contributed by atoms with E-state index in [2.05, 4.69) is 16.9 Å². The Hall–Kier alpha value is -1.65. The SMILES string of the molecule is Cc1c(C/C=C/C2CCC2)ccc(OCCC2CCC2)c1OC(F)(F)F. The molecular formula is C21H27F3O2. The zero-order chi connectivity index (χ0) is 18.6. The van der Waals surface area contributed by atoms with Gasteiger partial charge in [0.25, 0.3) is 0 Å². The Kier molecular flexibility index (Phi) is 6.15. The Bertz CT molecular complexity index is 629. The number of hydrogen-bond donors (Lipinski definition) is 0. The maximum absolute atomic E-state index is 12.9. The van der Waals surface area contributed by atoms with Gasteiger partial charge in [-0.25, -0.2) is 0 Å². The van der Waals surface area contributed by atoms with Gasteiger partial charge in [0, 0.05) is 0 Å². The summed E-state index contributed by atoms with van der Waals surface area (Å²) in [6.45, 7) is 2.10. The number of hydrogen-bond acceptors (Lipinski definition) is 2. The molecule has 0 heterocycles. The smallest absolute Gasteiger partial charge is 0.490 e. The van der Waals surface area contributed by atoms with E-state index in [0.717, 1.165) is 12.0 Å². The minimum atomic E-state index is -4.72. The predicted molar refractivity (Wildman–Crippen MR) is 95.5 cm³/mol. The normalized spacial score (nSPS) is 18.6. The number of ether oxygens (including phenoxy) is 2. The van der Waals surface area contributed by atoms with Gasteiger partial charge in [-0.2, -0.15) is 0 Å².